The average molecular weight is 282 g/mol. The molecule has 16 heavy (non-hydrogen) atoms. The lowest BCUT2D eigenvalue weighted by Crippen LogP contribution is -2.33. The molecule has 0 atom stereocenters. The predicted octanol–water partition coefficient (Wildman–Crippen LogP) is 2.36. The number of benzene rings is 1. The summed E-state index contributed by atoms with van der Waals surface area (Å²) in [6.07, 6.45) is 2.37. The van der Waals surface area contributed by atoms with Crippen molar-refractivity contribution in [2.45, 2.75) is 25.4 Å². The van der Waals surface area contributed by atoms with Crippen LogP contribution in [0.3, 0.4) is 0 Å². The van der Waals surface area contributed by atoms with Gasteiger partial charge in [-0.3, -0.25) is 0 Å². The Hall–Kier alpha value is -1.03. The van der Waals surface area contributed by atoms with Gasteiger partial charge < -0.3 is 10.6 Å². The van der Waals surface area contributed by atoms with E-state index in [0.717, 1.165) is 11.0 Å². The maximum atomic E-state index is 5.92. The molecule has 0 radical (unpaired) electrons. The zero-order valence-electron chi connectivity index (χ0n) is 9.36. The van der Waals surface area contributed by atoms with Gasteiger partial charge in [0.1, 0.15) is 0 Å². The molecule has 2 N–H and O–H groups in total. The molecular formula is C12H16BrN3. The zero-order chi connectivity index (χ0) is 11.5. The van der Waals surface area contributed by atoms with Crippen molar-refractivity contribution in [1.29, 1.82) is 0 Å². The third-order valence-electron chi connectivity index (χ3n) is 2.62. The smallest absolute Gasteiger partial charge is 0.191 e. The highest BCUT2D eigenvalue weighted by molar-refractivity contribution is 9.10. The quantitative estimate of drug-likeness (QED) is 0.683. The Labute approximate surface area is 104 Å². The molecule has 0 unspecified atom stereocenters. The Morgan fingerprint density at radius 3 is 2.81 bits per heavy atom. The zero-order valence-corrected chi connectivity index (χ0v) is 10.9. The third-order valence-corrected chi connectivity index (χ3v) is 3.39. The van der Waals surface area contributed by atoms with Crippen molar-refractivity contribution in [3.63, 3.8) is 0 Å². The van der Waals surface area contributed by atoms with Gasteiger partial charge in [-0.25, -0.2) is 4.99 Å². The van der Waals surface area contributed by atoms with Crippen LogP contribution in [0.5, 0.6) is 0 Å². The van der Waals surface area contributed by atoms with Crippen LogP contribution in [0.1, 0.15) is 18.4 Å². The molecular weight excluding hydrogens is 266 g/mol. The number of nitrogens with two attached hydrogens (primary N) is 1. The molecule has 0 heterocycles. The fourth-order valence-corrected chi connectivity index (χ4v) is 1.86. The molecule has 4 heteroatoms. The van der Waals surface area contributed by atoms with Crippen molar-refractivity contribution < 1.29 is 0 Å². The minimum absolute atomic E-state index is 0.474. The highest BCUT2D eigenvalue weighted by Crippen LogP contribution is 2.23. The van der Waals surface area contributed by atoms with Crippen LogP contribution in [-0.4, -0.2) is 23.9 Å². The molecule has 0 aliphatic heterocycles. The van der Waals surface area contributed by atoms with Crippen molar-refractivity contribution in [2.75, 3.05) is 7.05 Å². The fraction of sp³-hybridized carbons (Fsp3) is 0.417. The van der Waals surface area contributed by atoms with E-state index >= 15 is 0 Å². The van der Waals surface area contributed by atoms with E-state index in [9.17, 15) is 0 Å². The molecule has 0 bridgehead atoms. The summed E-state index contributed by atoms with van der Waals surface area (Å²) in [4.78, 5) is 6.40. The van der Waals surface area contributed by atoms with Gasteiger partial charge >= 0.3 is 0 Å². The summed E-state index contributed by atoms with van der Waals surface area (Å²) < 4.78 is 1.11. The van der Waals surface area contributed by atoms with Crippen LogP contribution < -0.4 is 5.73 Å². The summed E-state index contributed by atoms with van der Waals surface area (Å²) in [5, 5.41) is 0. The van der Waals surface area contributed by atoms with Gasteiger partial charge in [-0.2, -0.15) is 0 Å². The Kier molecular flexibility index (Phi) is 3.49. The van der Waals surface area contributed by atoms with Crippen molar-refractivity contribution in [3.05, 3.63) is 34.3 Å². The van der Waals surface area contributed by atoms with Crippen LogP contribution in [0.4, 0.5) is 0 Å². The minimum atomic E-state index is 0.474. The maximum Gasteiger partial charge on any atom is 0.191 e. The molecule has 1 aromatic rings. The monoisotopic (exact) mass is 281 g/mol. The van der Waals surface area contributed by atoms with Crippen LogP contribution in [0.25, 0.3) is 0 Å². The van der Waals surface area contributed by atoms with E-state index in [2.05, 4.69) is 27.0 Å². The molecule has 0 spiro atoms. The van der Waals surface area contributed by atoms with Gasteiger partial charge in [0, 0.05) is 18.1 Å². The first-order valence-electron chi connectivity index (χ1n) is 5.44. The molecule has 2 rings (SSSR count). The van der Waals surface area contributed by atoms with E-state index < -0.39 is 0 Å². The lowest BCUT2D eigenvalue weighted by atomic mass is 10.2. The van der Waals surface area contributed by atoms with Gasteiger partial charge in [0.25, 0.3) is 0 Å². The first kappa shape index (κ1) is 11.5. The van der Waals surface area contributed by atoms with Crippen LogP contribution in [0.15, 0.2) is 33.7 Å². The van der Waals surface area contributed by atoms with Crippen molar-refractivity contribution in [1.82, 2.24) is 4.90 Å². The lowest BCUT2D eigenvalue weighted by Gasteiger charge is -2.18. The highest BCUT2D eigenvalue weighted by atomic mass is 79.9. The number of halogens is 1. The lowest BCUT2D eigenvalue weighted by molar-refractivity contribution is 0.490. The SMILES string of the molecule is CN(Cc1ccccc1Br)C(N)=NC1CC1. The van der Waals surface area contributed by atoms with Gasteiger partial charge in [0.15, 0.2) is 5.96 Å². The molecule has 1 aromatic carbocycles. The summed E-state index contributed by atoms with van der Waals surface area (Å²) in [5.74, 6) is 0.637. The Morgan fingerprint density at radius 2 is 2.19 bits per heavy atom. The summed E-state index contributed by atoms with van der Waals surface area (Å²) in [6.45, 7) is 0.781. The molecule has 86 valence electrons. The average Bonchev–Trinajstić information content (AvgIpc) is 3.05. The van der Waals surface area contributed by atoms with Gasteiger partial charge in [-0.1, -0.05) is 34.1 Å². The van der Waals surface area contributed by atoms with Gasteiger partial charge in [-0.05, 0) is 24.5 Å². The van der Waals surface area contributed by atoms with E-state index in [4.69, 9.17) is 5.73 Å². The second-order valence-corrected chi connectivity index (χ2v) is 5.02. The second kappa shape index (κ2) is 4.87. The van der Waals surface area contributed by atoms with Gasteiger partial charge in [0.05, 0.1) is 6.04 Å². The van der Waals surface area contributed by atoms with E-state index in [0.29, 0.717) is 12.0 Å². The molecule has 0 saturated heterocycles. The summed E-state index contributed by atoms with van der Waals surface area (Å²) in [5.41, 5.74) is 7.14. The molecule has 1 aliphatic carbocycles. The normalized spacial score (nSPS) is 16.2. The molecule has 3 nitrogen and oxygen atoms in total. The van der Waals surface area contributed by atoms with E-state index in [-0.39, 0.29) is 0 Å². The maximum absolute atomic E-state index is 5.92. The topological polar surface area (TPSA) is 41.6 Å². The Morgan fingerprint density at radius 1 is 1.50 bits per heavy atom. The summed E-state index contributed by atoms with van der Waals surface area (Å²) in [6, 6.07) is 8.64. The van der Waals surface area contributed by atoms with Crippen LogP contribution in [-0.2, 0) is 6.54 Å². The number of nitrogens with zero attached hydrogens (tertiary/aromatic N) is 2. The van der Waals surface area contributed by atoms with Gasteiger partial charge in [-0.15, -0.1) is 0 Å². The van der Waals surface area contributed by atoms with Gasteiger partial charge in [0.2, 0.25) is 0 Å². The van der Waals surface area contributed by atoms with E-state index in [1.807, 2.05) is 30.1 Å². The number of rotatable bonds is 3. The standard InChI is InChI=1S/C12H16BrN3/c1-16(12(14)15-10-6-7-10)8-9-4-2-3-5-11(9)13/h2-5,10H,6-8H2,1H3,(H2,14,15). The van der Waals surface area contributed by atoms with Crippen molar-refractivity contribution in [2.24, 2.45) is 10.7 Å². The number of aliphatic imine (C=N–C) groups is 1. The van der Waals surface area contributed by atoms with Crippen molar-refractivity contribution >= 4 is 21.9 Å². The largest absolute Gasteiger partial charge is 0.370 e. The summed E-state index contributed by atoms with van der Waals surface area (Å²) in [7, 11) is 1.97. The molecule has 1 aliphatic rings. The van der Waals surface area contributed by atoms with E-state index in [1.165, 1.54) is 18.4 Å². The summed E-state index contributed by atoms with van der Waals surface area (Å²) >= 11 is 3.53. The number of hydrogen-bond donors (Lipinski definition) is 1. The Bertz CT molecular complexity index is 399. The fourth-order valence-electron chi connectivity index (χ4n) is 1.45. The predicted molar refractivity (Wildman–Crippen MR) is 70.3 cm³/mol. The minimum Gasteiger partial charge on any atom is -0.370 e. The highest BCUT2D eigenvalue weighted by Gasteiger charge is 2.21. The number of guanidine groups is 1. The van der Waals surface area contributed by atoms with Crippen LogP contribution in [0.2, 0.25) is 0 Å². The molecule has 1 saturated carbocycles. The Balaban J connectivity index is 2.01. The first-order chi connectivity index (χ1) is 7.66. The molecule has 1 fully saturated rings. The molecule has 0 aromatic heterocycles. The van der Waals surface area contributed by atoms with Crippen molar-refractivity contribution in [3.8, 4) is 0 Å². The van der Waals surface area contributed by atoms with E-state index in [1.54, 1.807) is 0 Å². The van der Waals surface area contributed by atoms with Crippen LogP contribution in [0, 0.1) is 0 Å². The third kappa shape index (κ3) is 2.98. The molecule has 0 amide bonds. The number of hydrogen-bond acceptors (Lipinski definition) is 1. The second-order valence-electron chi connectivity index (χ2n) is 4.17. The first-order valence-corrected chi connectivity index (χ1v) is 6.24. The van der Waals surface area contributed by atoms with Crippen LogP contribution >= 0.6 is 15.9 Å².